The van der Waals surface area contributed by atoms with Crippen molar-refractivity contribution in [3.8, 4) is 0 Å². The zero-order valence-corrected chi connectivity index (χ0v) is 12.0. The molecule has 0 heterocycles. The summed E-state index contributed by atoms with van der Waals surface area (Å²) >= 11 is 0. The minimum Gasteiger partial charge on any atom is -0.352 e. The Morgan fingerprint density at radius 2 is 1.84 bits per heavy atom. The molecule has 0 saturated carbocycles. The molecule has 0 fully saturated rings. The summed E-state index contributed by atoms with van der Waals surface area (Å²) in [5, 5.41) is 2.89. The van der Waals surface area contributed by atoms with Crippen molar-refractivity contribution >= 4 is 5.91 Å². The normalized spacial score (nSPS) is 14.8. The number of nitrogens with one attached hydrogen (secondary N) is 1. The lowest BCUT2D eigenvalue weighted by atomic mass is 9.87. The predicted octanol–water partition coefficient (Wildman–Crippen LogP) is 2.25. The average molecular weight is 266 g/mol. The summed E-state index contributed by atoms with van der Waals surface area (Å²) in [6.07, 6.45) is 0.656. The van der Waals surface area contributed by atoms with Gasteiger partial charge < -0.3 is 11.1 Å². The number of amides is 1. The average Bonchev–Trinajstić information content (AvgIpc) is 2.29. The first kappa shape index (κ1) is 15.6. The fourth-order valence-corrected chi connectivity index (χ4v) is 1.75. The molecule has 0 aromatic heterocycles. The van der Waals surface area contributed by atoms with Gasteiger partial charge in [0.05, 0.1) is 6.04 Å². The van der Waals surface area contributed by atoms with E-state index < -0.39 is 6.04 Å². The Morgan fingerprint density at radius 3 is 2.32 bits per heavy atom. The minimum atomic E-state index is -0.539. The summed E-state index contributed by atoms with van der Waals surface area (Å²) in [6, 6.07) is 5.72. The van der Waals surface area contributed by atoms with Crippen LogP contribution >= 0.6 is 0 Å². The maximum atomic E-state index is 12.8. The van der Waals surface area contributed by atoms with Gasteiger partial charge in [-0.2, -0.15) is 0 Å². The van der Waals surface area contributed by atoms with Gasteiger partial charge in [-0.3, -0.25) is 4.79 Å². The number of carbonyl (C=O) groups is 1. The van der Waals surface area contributed by atoms with E-state index in [4.69, 9.17) is 5.73 Å². The second kappa shape index (κ2) is 6.15. The van der Waals surface area contributed by atoms with Gasteiger partial charge in [-0.25, -0.2) is 4.39 Å². The van der Waals surface area contributed by atoms with E-state index in [1.807, 2.05) is 27.7 Å². The van der Waals surface area contributed by atoms with E-state index in [-0.39, 0.29) is 23.2 Å². The number of benzene rings is 1. The summed E-state index contributed by atoms with van der Waals surface area (Å²) < 4.78 is 12.8. The molecule has 0 spiro atoms. The Labute approximate surface area is 114 Å². The maximum Gasteiger partial charge on any atom is 0.237 e. The first-order chi connectivity index (χ1) is 8.70. The number of carbonyl (C=O) groups excluding carboxylic acids is 1. The molecular weight excluding hydrogens is 243 g/mol. The van der Waals surface area contributed by atoms with Crippen LogP contribution in [0.15, 0.2) is 24.3 Å². The van der Waals surface area contributed by atoms with Gasteiger partial charge in [-0.1, -0.05) is 32.9 Å². The first-order valence-corrected chi connectivity index (χ1v) is 6.50. The van der Waals surface area contributed by atoms with Gasteiger partial charge in [-0.05, 0) is 36.5 Å². The molecule has 106 valence electrons. The van der Waals surface area contributed by atoms with Gasteiger partial charge in [-0.15, -0.1) is 0 Å². The first-order valence-electron chi connectivity index (χ1n) is 6.50. The van der Waals surface area contributed by atoms with Gasteiger partial charge >= 0.3 is 0 Å². The molecule has 1 aromatic rings. The number of halogens is 1. The van der Waals surface area contributed by atoms with Gasteiger partial charge in [0.2, 0.25) is 5.91 Å². The lowest BCUT2D eigenvalue weighted by Gasteiger charge is -2.27. The molecule has 1 rings (SSSR count). The Kier molecular flexibility index (Phi) is 5.06. The van der Waals surface area contributed by atoms with Crippen LogP contribution in [0, 0.1) is 11.2 Å². The zero-order valence-electron chi connectivity index (χ0n) is 12.0. The van der Waals surface area contributed by atoms with Crippen molar-refractivity contribution in [2.45, 2.75) is 46.2 Å². The molecule has 1 unspecified atom stereocenters. The maximum absolute atomic E-state index is 12.8. The largest absolute Gasteiger partial charge is 0.352 e. The molecule has 2 atom stereocenters. The third-order valence-corrected chi connectivity index (χ3v) is 3.06. The van der Waals surface area contributed by atoms with E-state index in [1.54, 1.807) is 12.1 Å². The molecule has 0 aliphatic rings. The van der Waals surface area contributed by atoms with E-state index in [0.29, 0.717) is 6.42 Å². The predicted molar refractivity (Wildman–Crippen MR) is 75.1 cm³/mol. The van der Waals surface area contributed by atoms with Crippen molar-refractivity contribution in [3.05, 3.63) is 35.6 Å². The fraction of sp³-hybridized carbons (Fsp3) is 0.533. The number of hydrogen-bond acceptors (Lipinski definition) is 2. The number of rotatable bonds is 4. The van der Waals surface area contributed by atoms with E-state index in [1.165, 1.54) is 12.1 Å². The van der Waals surface area contributed by atoms with Crippen LogP contribution in [0.4, 0.5) is 4.39 Å². The molecule has 0 bridgehead atoms. The third-order valence-electron chi connectivity index (χ3n) is 3.06. The highest BCUT2D eigenvalue weighted by Crippen LogP contribution is 2.17. The van der Waals surface area contributed by atoms with E-state index >= 15 is 0 Å². The van der Waals surface area contributed by atoms with Crippen LogP contribution in [-0.4, -0.2) is 18.0 Å². The zero-order chi connectivity index (χ0) is 14.6. The third kappa shape index (κ3) is 4.99. The van der Waals surface area contributed by atoms with Crippen molar-refractivity contribution in [2.75, 3.05) is 0 Å². The van der Waals surface area contributed by atoms with Gasteiger partial charge in [0.25, 0.3) is 0 Å². The SMILES string of the molecule is CC(Cc1ccc(F)cc1)NC(=O)[C@H](N)C(C)(C)C. The molecule has 4 heteroatoms. The highest BCUT2D eigenvalue weighted by Gasteiger charge is 2.28. The Bertz CT molecular complexity index is 423. The fourth-order valence-electron chi connectivity index (χ4n) is 1.75. The topological polar surface area (TPSA) is 55.1 Å². The van der Waals surface area contributed by atoms with Crippen molar-refractivity contribution in [1.82, 2.24) is 5.32 Å². The molecule has 0 aliphatic carbocycles. The van der Waals surface area contributed by atoms with Crippen molar-refractivity contribution < 1.29 is 9.18 Å². The summed E-state index contributed by atoms with van der Waals surface area (Å²) in [5.41, 5.74) is 6.61. The Balaban J connectivity index is 2.53. The Hall–Kier alpha value is -1.42. The summed E-state index contributed by atoms with van der Waals surface area (Å²) in [4.78, 5) is 11.9. The summed E-state index contributed by atoms with van der Waals surface area (Å²) in [7, 11) is 0. The van der Waals surface area contributed by atoms with Crippen molar-refractivity contribution in [3.63, 3.8) is 0 Å². The number of nitrogens with two attached hydrogens (primary N) is 1. The van der Waals surface area contributed by atoms with Crippen LogP contribution in [0.3, 0.4) is 0 Å². The van der Waals surface area contributed by atoms with E-state index in [0.717, 1.165) is 5.56 Å². The lowest BCUT2D eigenvalue weighted by molar-refractivity contribution is -0.125. The van der Waals surface area contributed by atoms with Crippen LogP contribution < -0.4 is 11.1 Å². The van der Waals surface area contributed by atoms with Crippen LogP contribution in [0.5, 0.6) is 0 Å². The Morgan fingerprint density at radius 1 is 1.32 bits per heavy atom. The monoisotopic (exact) mass is 266 g/mol. The molecule has 3 N–H and O–H groups in total. The molecule has 1 aromatic carbocycles. The van der Waals surface area contributed by atoms with Crippen LogP contribution in [0.2, 0.25) is 0 Å². The molecule has 0 radical (unpaired) electrons. The van der Waals surface area contributed by atoms with Crippen LogP contribution in [0.25, 0.3) is 0 Å². The summed E-state index contributed by atoms with van der Waals surface area (Å²) in [6.45, 7) is 7.71. The lowest BCUT2D eigenvalue weighted by Crippen LogP contribution is -2.51. The smallest absolute Gasteiger partial charge is 0.237 e. The van der Waals surface area contributed by atoms with E-state index in [9.17, 15) is 9.18 Å². The van der Waals surface area contributed by atoms with Crippen LogP contribution in [0.1, 0.15) is 33.3 Å². The molecule has 19 heavy (non-hydrogen) atoms. The second-order valence-corrected chi connectivity index (χ2v) is 6.08. The molecule has 1 amide bonds. The second-order valence-electron chi connectivity index (χ2n) is 6.08. The molecule has 0 saturated heterocycles. The van der Waals surface area contributed by atoms with E-state index in [2.05, 4.69) is 5.32 Å². The van der Waals surface area contributed by atoms with Gasteiger partial charge in [0.15, 0.2) is 0 Å². The van der Waals surface area contributed by atoms with Gasteiger partial charge in [0.1, 0.15) is 5.82 Å². The number of hydrogen-bond donors (Lipinski definition) is 2. The van der Waals surface area contributed by atoms with Crippen molar-refractivity contribution in [1.29, 1.82) is 0 Å². The minimum absolute atomic E-state index is 0.0358. The molecular formula is C15H23FN2O. The standard InChI is InChI=1S/C15H23FN2O/c1-10(9-11-5-7-12(16)8-6-11)18-14(19)13(17)15(2,3)4/h5-8,10,13H,9,17H2,1-4H3,(H,18,19)/t10?,13-/m0/s1. The molecule has 3 nitrogen and oxygen atoms in total. The molecule has 0 aliphatic heterocycles. The summed E-state index contributed by atoms with van der Waals surface area (Å²) in [5.74, 6) is -0.405. The highest BCUT2D eigenvalue weighted by atomic mass is 19.1. The highest BCUT2D eigenvalue weighted by molar-refractivity contribution is 5.82. The van der Waals surface area contributed by atoms with Crippen molar-refractivity contribution in [2.24, 2.45) is 11.1 Å². The quantitative estimate of drug-likeness (QED) is 0.878. The van der Waals surface area contributed by atoms with Gasteiger partial charge in [0, 0.05) is 6.04 Å². The van der Waals surface area contributed by atoms with Crippen LogP contribution in [-0.2, 0) is 11.2 Å².